The highest BCUT2D eigenvalue weighted by atomic mass is 35.5. The molecule has 3 nitrogen and oxygen atoms in total. The molecule has 0 spiro atoms. The lowest BCUT2D eigenvalue weighted by atomic mass is 9.89. The SMILES string of the molecule is Nc1nnc(C2CCCC(Cl)C2)s1. The molecule has 1 fully saturated rings. The number of hydrogen-bond donors (Lipinski definition) is 1. The Morgan fingerprint density at radius 1 is 1.38 bits per heavy atom. The van der Waals surface area contributed by atoms with Crippen molar-refractivity contribution in [3.05, 3.63) is 5.01 Å². The summed E-state index contributed by atoms with van der Waals surface area (Å²) in [5, 5.41) is 9.81. The fourth-order valence-corrected chi connectivity index (χ4v) is 2.89. The van der Waals surface area contributed by atoms with Crippen molar-refractivity contribution < 1.29 is 0 Å². The van der Waals surface area contributed by atoms with E-state index >= 15 is 0 Å². The molecule has 1 saturated carbocycles. The van der Waals surface area contributed by atoms with Crippen molar-refractivity contribution in [3.8, 4) is 0 Å². The average molecular weight is 218 g/mol. The third-order valence-electron chi connectivity index (χ3n) is 2.42. The van der Waals surface area contributed by atoms with Gasteiger partial charge < -0.3 is 5.73 Å². The molecule has 1 aliphatic carbocycles. The van der Waals surface area contributed by atoms with Gasteiger partial charge in [-0.25, -0.2) is 0 Å². The molecule has 0 aromatic carbocycles. The van der Waals surface area contributed by atoms with Crippen LogP contribution in [0.1, 0.15) is 36.6 Å². The zero-order valence-corrected chi connectivity index (χ0v) is 8.81. The Hall–Kier alpha value is -0.350. The summed E-state index contributed by atoms with van der Waals surface area (Å²) in [6.07, 6.45) is 4.53. The summed E-state index contributed by atoms with van der Waals surface area (Å²) in [5.41, 5.74) is 5.53. The largest absolute Gasteiger partial charge is 0.374 e. The first-order valence-corrected chi connectivity index (χ1v) is 5.74. The molecule has 2 unspecified atom stereocenters. The van der Waals surface area contributed by atoms with Crippen LogP contribution in [-0.2, 0) is 0 Å². The molecule has 5 heteroatoms. The van der Waals surface area contributed by atoms with Crippen molar-refractivity contribution >= 4 is 28.1 Å². The van der Waals surface area contributed by atoms with E-state index < -0.39 is 0 Å². The van der Waals surface area contributed by atoms with E-state index in [1.807, 2.05) is 0 Å². The molecule has 0 aliphatic heterocycles. The lowest BCUT2D eigenvalue weighted by molar-refractivity contribution is 0.446. The van der Waals surface area contributed by atoms with Crippen LogP contribution in [0.25, 0.3) is 0 Å². The number of alkyl halides is 1. The third kappa shape index (κ3) is 2.11. The van der Waals surface area contributed by atoms with Crippen LogP contribution in [0, 0.1) is 0 Å². The van der Waals surface area contributed by atoms with Gasteiger partial charge in [0.15, 0.2) is 0 Å². The van der Waals surface area contributed by atoms with Gasteiger partial charge in [0.25, 0.3) is 0 Å². The topological polar surface area (TPSA) is 51.8 Å². The summed E-state index contributed by atoms with van der Waals surface area (Å²) >= 11 is 7.59. The van der Waals surface area contributed by atoms with E-state index in [1.165, 1.54) is 24.2 Å². The minimum absolute atomic E-state index is 0.309. The molecular weight excluding hydrogens is 206 g/mol. The number of halogens is 1. The van der Waals surface area contributed by atoms with Gasteiger partial charge in [0, 0.05) is 11.3 Å². The van der Waals surface area contributed by atoms with Crippen molar-refractivity contribution in [2.24, 2.45) is 0 Å². The number of hydrogen-bond acceptors (Lipinski definition) is 4. The van der Waals surface area contributed by atoms with Gasteiger partial charge in [0.2, 0.25) is 5.13 Å². The number of nitrogen functional groups attached to an aromatic ring is 1. The smallest absolute Gasteiger partial charge is 0.203 e. The van der Waals surface area contributed by atoms with Crippen molar-refractivity contribution in [2.75, 3.05) is 5.73 Å². The predicted octanol–water partition coefficient (Wildman–Crippen LogP) is 2.39. The van der Waals surface area contributed by atoms with Crippen LogP contribution in [0.5, 0.6) is 0 Å². The molecule has 72 valence electrons. The number of rotatable bonds is 1. The highest BCUT2D eigenvalue weighted by Gasteiger charge is 2.24. The molecule has 2 atom stereocenters. The van der Waals surface area contributed by atoms with E-state index in [2.05, 4.69) is 10.2 Å². The van der Waals surface area contributed by atoms with Crippen molar-refractivity contribution in [1.82, 2.24) is 10.2 Å². The molecule has 1 heterocycles. The molecule has 1 aliphatic rings. The zero-order valence-electron chi connectivity index (χ0n) is 7.24. The van der Waals surface area contributed by atoms with E-state index in [4.69, 9.17) is 17.3 Å². The van der Waals surface area contributed by atoms with E-state index in [-0.39, 0.29) is 0 Å². The van der Waals surface area contributed by atoms with Crippen molar-refractivity contribution in [2.45, 2.75) is 37.0 Å². The van der Waals surface area contributed by atoms with Gasteiger partial charge in [0.1, 0.15) is 5.01 Å². The quantitative estimate of drug-likeness (QED) is 0.735. The Labute approximate surface area is 86.3 Å². The van der Waals surface area contributed by atoms with Crippen LogP contribution >= 0.6 is 22.9 Å². The number of anilines is 1. The molecule has 0 saturated heterocycles. The zero-order chi connectivity index (χ0) is 9.26. The van der Waals surface area contributed by atoms with Gasteiger partial charge in [-0.05, 0) is 19.3 Å². The Morgan fingerprint density at radius 3 is 2.85 bits per heavy atom. The maximum Gasteiger partial charge on any atom is 0.203 e. The Bertz CT molecular complexity index is 289. The van der Waals surface area contributed by atoms with Crippen LogP contribution in [0.2, 0.25) is 0 Å². The fraction of sp³-hybridized carbons (Fsp3) is 0.750. The minimum Gasteiger partial charge on any atom is -0.374 e. The van der Waals surface area contributed by atoms with Gasteiger partial charge in [-0.3, -0.25) is 0 Å². The minimum atomic E-state index is 0.309. The second kappa shape index (κ2) is 3.80. The number of nitrogens with two attached hydrogens (primary N) is 1. The van der Waals surface area contributed by atoms with E-state index in [9.17, 15) is 0 Å². The fourth-order valence-electron chi connectivity index (χ4n) is 1.77. The lowest BCUT2D eigenvalue weighted by Gasteiger charge is -2.22. The molecule has 0 bridgehead atoms. The maximum atomic E-state index is 6.09. The first-order valence-electron chi connectivity index (χ1n) is 4.48. The average Bonchev–Trinajstić information content (AvgIpc) is 2.52. The summed E-state index contributed by atoms with van der Waals surface area (Å²) in [7, 11) is 0. The molecular formula is C8H12ClN3S. The van der Waals surface area contributed by atoms with Gasteiger partial charge in [-0.1, -0.05) is 17.8 Å². The van der Waals surface area contributed by atoms with Gasteiger partial charge >= 0.3 is 0 Å². The number of aromatic nitrogens is 2. The third-order valence-corrected chi connectivity index (χ3v) is 3.73. The second-order valence-electron chi connectivity index (χ2n) is 3.44. The van der Waals surface area contributed by atoms with Crippen LogP contribution in [0.4, 0.5) is 5.13 Å². The van der Waals surface area contributed by atoms with E-state index in [0.29, 0.717) is 16.4 Å². The van der Waals surface area contributed by atoms with Gasteiger partial charge in [0.05, 0.1) is 0 Å². The van der Waals surface area contributed by atoms with Crippen LogP contribution < -0.4 is 5.73 Å². The summed E-state index contributed by atoms with van der Waals surface area (Å²) in [5.74, 6) is 0.492. The first kappa shape index (κ1) is 9.21. The highest BCUT2D eigenvalue weighted by molar-refractivity contribution is 7.15. The second-order valence-corrected chi connectivity index (χ2v) is 5.10. The standard InChI is InChI=1S/C8H12ClN3S/c9-6-3-1-2-5(4-6)7-11-12-8(10)13-7/h5-6H,1-4H2,(H2,10,12). The molecule has 0 radical (unpaired) electrons. The maximum absolute atomic E-state index is 6.09. The Morgan fingerprint density at radius 2 is 2.23 bits per heavy atom. The van der Waals surface area contributed by atoms with Crippen LogP contribution in [-0.4, -0.2) is 15.6 Å². The summed E-state index contributed by atoms with van der Waals surface area (Å²) in [4.78, 5) is 0. The lowest BCUT2D eigenvalue weighted by Crippen LogP contribution is -2.13. The van der Waals surface area contributed by atoms with Crippen LogP contribution in [0.15, 0.2) is 0 Å². The summed E-state index contributed by atoms with van der Waals surface area (Å²) < 4.78 is 0. The molecule has 2 rings (SSSR count). The Balaban J connectivity index is 2.08. The number of nitrogens with zero attached hydrogens (tertiary/aromatic N) is 2. The van der Waals surface area contributed by atoms with Crippen molar-refractivity contribution in [1.29, 1.82) is 0 Å². The first-order chi connectivity index (χ1) is 6.25. The molecule has 1 aromatic rings. The van der Waals surface area contributed by atoms with Gasteiger partial charge in [-0.2, -0.15) is 0 Å². The highest BCUT2D eigenvalue weighted by Crippen LogP contribution is 2.36. The van der Waals surface area contributed by atoms with Crippen molar-refractivity contribution in [3.63, 3.8) is 0 Å². The normalized spacial score (nSPS) is 29.0. The predicted molar refractivity (Wildman–Crippen MR) is 55.2 cm³/mol. The monoisotopic (exact) mass is 217 g/mol. The Kier molecular flexibility index (Phi) is 2.69. The van der Waals surface area contributed by atoms with Crippen LogP contribution in [0.3, 0.4) is 0 Å². The summed E-state index contributed by atoms with van der Waals surface area (Å²) in [6, 6.07) is 0. The summed E-state index contributed by atoms with van der Waals surface area (Å²) in [6.45, 7) is 0. The molecule has 2 N–H and O–H groups in total. The van der Waals surface area contributed by atoms with E-state index in [0.717, 1.165) is 17.8 Å². The van der Waals surface area contributed by atoms with Gasteiger partial charge in [-0.15, -0.1) is 21.8 Å². The van der Waals surface area contributed by atoms with E-state index in [1.54, 1.807) is 0 Å². The molecule has 0 amide bonds. The molecule has 1 aromatic heterocycles. The molecule has 13 heavy (non-hydrogen) atoms.